The average molecular weight is 213 g/mol. The lowest BCUT2D eigenvalue weighted by atomic mass is 10.2. The van der Waals surface area contributed by atoms with Gasteiger partial charge in [0.25, 0.3) is 0 Å². The molecule has 0 saturated heterocycles. The first-order valence-electron chi connectivity index (χ1n) is 5.29. The molecule has 0 unspecified atom stereocenters. The van der Waals surface area contributed by atoms with Crippen molar-refractivity contribution in [2.45, 2.75) is 13.1 Å². The first kappa shape index (κ1) is 10.6. The van der Waals surface area contributed by atoms with Gasteiger partial charge in [-0.25, -0.2) is 4.68 Å². The predicted octanol–water partition coefficient (Wildman–Crippen LogP) is 2.27. The second-order valence-electron chi connectivity index (χ2n) is 3.60. The molecule has 82 valence electrons. The van der Waals surface area contributed by atoms with Crippen LogP contribution in [0.2, 0.25) is 0 Å². The summed E-state index contributed by atoms with van der Waals surface area (Å²) in [5, 5.41) is 7.49. The predicted molar refractivity (Wildman–Crippen MR) is 65.6 cm³/mol. The van der Waals surface area contributed by atoms with E-state index in [1.54, 1.807) is 10.9 Å². The van der Waals surface area contributed by atoms with Crippen molar-refractivity contribution in [2.75, 3.05) is 0 Å². The molecule has 0 radical (unpaired) electrons. The zero-order chi connectivity index (χ0) is 11.2. The van der Waals surface area contributed by atoms with Crippen molar-refractivity contribution in [2.24, 2.45) is 0 Å². The van der Waals surface area contributed by atoms with Crippen LogP contribution in [0, 0.1) is 0 Å². The minimum absolute atomic E-state index is 0.822. The monoisotopic (exact) mass is 213 g/mol. The summed E-state index contributed by atoms with van der Waals surface area (Å²) in [6.07, 6.45) is 5.49. The molecule has 0 aliphatic heterocycles. The van der Waals surface area contributed by atoms with Gasteiger partial charge in [-0.05, 0) is 5.56 Å². The maximum Gasteiger partial charge on any atom is 0.0538 e. The van der Waals surface area contributed by atoms with Crippen LogP contribution in [0.25, 0.3) is 6.20 Å². The van der Waals surface area contributed by atoms with E-state index in [2.05, 4.69) is 29.1 Å². The Bertz CT molecular complexity index is 445. The van der Waals surface area contributed by atoms with Crippen molar-refractivity contribution in [3.05, 3.63) is 60.4 Å². The van der Waals surface area contributed by atoms with Crippen molar-refractivity contribution in [3.63, 3.8) is 0 Å². The van der Waals surface area contributed by atoms with Gasteiger partial charge in [0.15, 0.2) is 0 Å². The SMILES string of the molecule is C=Cn1cc(CNCc2ccccc2)cn1. The van der Waals surface area contributed by atoms with Crippen LogP contribution in [0.15, 0.2) is 49.3 Å². The molecule has 0 saturated carbocycles. The smallest absolute Gasteiger partial charge is 0.0538 e. The minimum atomic E-state index is 0.822. The zero-order valence-corrected chi connectivity index (χ0v) is 9.13. The van der Waals surface area contributed by atoms with Gasteiger partial charge in [-0.3, -0.25) is 0 Å². The minimum Gasteiger partial charge on any atom is -0.309 e. The molecule has 1 heterocycles. The quantitative estimate of drug-likeness (QED) is 0.825. The summed E-state index contributed by atoms with van der Waals surface area (Å²) in [6, 6.07) is 10.3. The van der Waals surface area contributed by atoms with E-state index in [0.29, 0.717) is 0 Å². The summed E-state index contributed by atoms with van der Waals surface area (Å²) in [5.74, 6) is 0. The van der Waals surface area contributed by atoms with E-state index >= 15 is 0 Å². The van der Waals surface area contributed by atoms with Crippen molar-refractivity contribution >= 4 is 6.20 Å². The van der Waals surface area contributed by atoms with Crippen molar-refractivity contribution in [1.29, 1.82) is 0 Å². The zero-order valence-electron chi connectivity index (χ0n) is 9.13. The van der Waals surface area contributed by atoms with Gasteiger partial charge in [-0.2, -0.15) is 5.10 Å². The highest BCUT2D eigenvalue weighted by atomic mass is 15.2. The number of nitrogens with zero attached hydrogens (tertiary/aromatic N) is 2. The Kier molecular flexibility index (Phi) is 3.51. The number of rotatable bonds is 5. The summed E-state index contributed by atoms with van der Waals surface area (Å²) in [7, 11) is 0. The van der Waals surface area contributed by atoms with Gasteiger partial charge in [-0.1, -0.05) is 36.9 Å². The molecule has 1 aromatic heterocycles. The highest BCUT2D eigenvalue weighted by Gasteiger charge is 1.96. The molecular formula is C13H15N3. The molecule has 1 aromatic carbocycles. The average Bonchev–Trinajstić information content (AvgIpc) is 2.78. The highest BCUT2D eigenvalue weighted by Crippen LogP contribution is 2.00. The molecule has 16 heavy (non-hydrogen) atoms. The first-order chi connectivity index (χ1) is 7.88. The normalized spacial score (nSPS) is 10.2. The van der Waals surface area contributed by atoms with Crippen LogP contribution >= 0.6 is 0 Å². The van der Waals surface area contributed by atoms with E-state index < -0.39 is 0 Å². The third kappa shape index (κ3) is 2.81. The molecule has 0 aliphatic carbocycles. The van der Waals surface area contributed by atoms with Crippen LogP contribution in [0.3, 0.4) is 0 Å². The third-order valence-corrected chi connectivity index (χ3v) is 2.34. The molecule has 0 amide bonds. The second kappa shape index (κ2) is 5.28. The topological polar surface area (TPSA) is 29.9 Å². The Morgan fingerprint density at radius 2 is 1.94 bits per heavy atom. The Labute approximate surface area is 95.4 Å². The van der Waals surface area contributed by atoms with Crippen LogP contribution in [-0.2, 0) is 13.1 Å². The van der Waals surface area contributed by atoms with Gasteiger partial charge in [0.1, 0.15) is 0 Å². The summed E-state index contributed by atoms with van der Waals surface area (Å²) in [5.41, 5.74) is 2.45. The molecule has 0 bridgehead atoms. The van der Waals surface area contributed by atoms with E-state index in [4.69, 9.17) is 0 Å². The van der Waals surface area contributed by atoms with E-state index in [-0.39, 0.29) is 0 Å². The molecule has 3 heteroatoms. The molecule has 2 rings (SSSR count). The maximum atomic E-state index is 4.12. The van der Waals surface area contributed by atoms with Gasteiger partial charge in [0, 0.05) is 31.0 Å². The van der Waals surface area contributed by atoms with E-state index in [0.717, 1.165) is 18.7 Å². The van der Waals surface area contributed by atoms with E-state index in [1.807, 2.05) is 30.6 Å². The highest BCUT2D eigenvalue weighted by molar-refractivity contribution is 5.18. The summed E-state index contributed by atoms with van der Waals surface area (Å²) in [6.45, 7) is 5.35. The summed E-state index contributed by atoms with van der Waals surface area (Å²) < 4.78 is 1.71. The van der Waals surface area contributed by atoms with Crippen LogP contribution < -0.4 is 5.32 Å². The molecule has 0 fully saturated rings. The fraction of sp³-hybridized carbons (Fsp3) is 0.154. The van der Waals surface area contributed by atoms with Crippen LogP contribution in [0.5, 0.6) is 0 Å². The number of hydrogen-bond acceptors (Lipinski definition) is 2. The van der Waals surface area contributed by atoms with Gasteiger partial charge in [0.2, 0.25) is 0 Å². The van der Waals surface area contributed by atoms with Crippen LogP contribution in [0.1, 0.15) is 11.1 Å². The molecule has 0 aliphatic rings. The molecular weight excluding hydrogens is 198 g/mol. The lowest BCUT2D eigenvalue weighted by Gasteiger charge is -2.02. The number of aromatic nitrogens is 2. The molecule has 2 aromatic rings. The number of benzene rings is 1. The lowest BCUT2D eigenvalue weighted by Crippen LogP contribution is -2.11. The fourth-order valence-corrected chi connectivity index (χ4v) is 1.52. The molecule has 0 spiro atoms. The number of nitrogens with one attached hydrogen (secondary N) is 1. The summed E-state index contributed by atoms with van der Waals surface area (Å²) in [4.78, 5) is 0. The van der Waals surface area contributed by atoms with Gasteiger partial charge < -0.3 is 5.32 Å². The van der Waals surface area contributed by atoms with Gasteiger partial charge in [-0.15, -0.1) is 0 Å². The van der Waals surface area contributed by atoms with Crippen LogP contribution in [-0.4, -0.2) is 9.78 Å². The summed E-state index contributed by atoms with van der Waals surface area (Å²) >= 11 is 0. The third-order valence-electron chi connectivity index (χ3n) is 2.34. The second-order valence-corrected chi connectivity index (χ2v) is 3.60. The Morgan fingerprint density at radius 3 is 2.62 bits per heavy atom. The molecule has 1 N–H and O–H groups in total. The molecule has 0 atom stereocenters. The van der Waals surface area contributed by atoms with E-state index in [9.17, 15) is 0 Å². The van der Waals surface area contributed by atoms with Crippen LogP contribution in [0.4, 0.5) is 0 Å². The van der Waals surface area contributed by atoms with Gasteiger partial charge >= 0.3 is 0 Å². The van der Waals surface area contributed by atoms with Crippen molar-refractivity contribution in [1.82, 2.24) is 15.1 Å². The standard InChI is InChI=1S/C13H15N3/c1-2-16-11-13(10-15-16)9-14-8-12-6-4-3-5-7-12/h2-7,10-11,14H,1,8-9H2. The Hall–Kier alpha value is -1.87. The van der Waals surface area contributed by atoms with Crippen molar-refractivity contribution in [3.8, 4) is 0 Å². The fourth-order valence-electron chi connectivity index (χ4n) is 1.52. The largest absolute Gasteiger partial charge is 0.309 e. The Morgan fingerprint density at radius 1 is 1.19 bits per heavy atom. The maximum absolute atomic E-state index is 4.12. The van der Waals surface area contributed by atoms with Crippen molar-refractivity contribution < 1.29 is 0 Å². The Balaban J connectivity index is 1.82. The molecule has 3 nitrogen and oxygen atoms in total. The van der Waals surface area contributed by atoms with E-state index in [1.165, 1.54) is 5.56 Å². The van der Waals surface area contributed by atoms with Gasteiger partial charge in [0.05, 0.1) is 6.20 Å². The lowest BCUT2D eigenvalue weighted by molar-refractivity contribution is 0.693. The first-order valence-corrected chi connectivity index (χ1v) is 5.29. The number of hydrogen-bond donors (Lipinski definition) is 1.